The molecule has 3 rings (SSSR count). The Morgan fingerprint density at radius 2 is 2.19 bits per heavy atom. The van der Waals surface area contributed by atoms with Gasteiger partial charge in [-0.2, -0.15) is 4.98 Å². The summed E-state index contributed by atoms with van der Waals surface area (Å²) in [7, 11) is 0. The van der Waals surface area contributed by atoms with Crippen LogP contribution in [0.1, 0.15) is 36.9 Å². The third kappa shape index (κ3) is 2.53. The number of hydrogen-bond acceptors (Lipinski definition) is 5. The number of nitrogens with zero attached hydrogens (tertiary/aromatic N) is 3. The molecule has 0 aromatic carbocycles. The second kappa shape index (κ2) is 4.69. The summed E-state index contributed by atoms with van der Waals surface area (Å²) in [6, 6.07) is 0.319. The van der Waals surface area contributed by atoms with Crippen molar-refractivity contribution < 1.29 is 4.52 Å². The van der Waals surface area contributed by atoms with Gasteiger partial charge >= 0.3 is 0 Å². The summed E-state index contributed by atoms with van der Waals surface area (Å²) in [6.07, 6.45) is 3.49. The van der Waals surface area contributed by atoms with E-state index in [1.807, 2.05) is 0 Å². The molecule has 2 fully saturated rings. The van der Waals surface area contributed by atoms with Gasteiger partial charge in [-0.05, 0) is 19.3 Å². The second-order valence-corrected chi connectivity index (χ2v) is 4.61. The maximum Gasteiger partial charge on any atom is 0.229 e. The molecule has 1 aromatic heterocycles. The van der Waals surface area contributed by atoms with Crippen molar-refractivity contribution in [2.75, 3.05) is 13.1 Å². The van der Waals surface area contributed by atoms with Gasteiger partial charge in [0.05, 0.1) is 6.54 Å². The summed E-state index contributed by atoms with van der Waals surface area (Å²) < 4.78 is 5.21. The molecule has 16 heavy (non-hydrogen) atoms. The van der Waals surface area contributed by atoms with Crippen LogP contribution in [0.4, 0.5) is 0 Å². The highest BCUT2D eigenvalue weighted by molar-refractivity contribution is 5.85. The van der Waals surface area contributed by atoms with E-state index in [1.54, 1.807) is 0 Å². The minimum absolute atomic E-state index is 0. The summed E-state index contributed by atoms with van der Waals surface area (Å²) >= 11 is 0. The fraction of sp³-hybridized carbons (Fsp3) is 0.800. The van der Waals surface area contributed by atoms with Crippen LogP contribution in [0, 0.1) is 0 Å². The van der Waals surface area contributed by atoms with Gasteiger partial charge in [0.1, 0.15) is 0 Å². The van der Waals surface area contributed by atoms with Crippen LogP contribution in [0.5, 0.6) is 0 Å². The molecule has 2 aliphatic rings. The quantitative estimate of drug-likeness (QED) is 0.856. The van der Waals surface area contributed by atoms with E-state index in [0.717, 1.165) is 37.8 Å². The average molecular weight is 245 g/mol. The van der Waals surface area contributed by atoms with E-state index in [1.165, 1.54) is 12.8 Å². The van der Waals surface area contributed by atoms with E-state index in [0.29, 0.717) is 12.0 Å². The van der Waals surface area contributed by atoms with Crippen molar-refractivity contribution >= 4 is 12.4 Å². The normalized spacial score (nSPS) is 25.7. The van der Waals surface area contributed by atoms with Crippen molar-refractivity contribution in [1.29, 1.82) is 0 Å². The molecule has 1 aliphatic heterocycles. The van der Waals surface area contributed by atoms with Crippen molar-refractivity contribution in [3.8, 4) is 0 Å². The molecule has 6 heteroatoms. The highest BCUT2D eigenvalue weighted by Gasteiger charge is 2.30. The zero-order valence-corrected chi connectivity index (χ0v) is 9.95. The molecule has 0 bridgehead atoms. The van der Waals surface area contributed by atoms with E-state index in [2.05, 4.69) is 15.0 Å². The van der Waals surface area contributed by atoms with Crippen LogP contribution in [-0.4, -0.2) is 34.2 Å². The van der Waals surface area contributed by atoms with Gasteiger partial charge in [0.2, 0.25) is 5.89 Å². The van der Waals surface area contributed by atoms with Crippen LogP contribution >= 0.6 is 12.4 Å². The van der Waals surface area contributed by atoms with Crippen LogP contribution < -0.4 is 5.73 Å². The first-order valence-corrected chi connectivity index (χ1v) is 5.61. The SMILES string of the molecule is Cl.N[C@@H]1CCN(Cc2noc(C3CC3)n2)C1. The molecule has 2 heterocycles. The first kappa shape index (κ1) is 11.8. The third-order valence-electron chi connectivity index (χ3n) is 3.08. The Hall–Kier alpha value is -0.650. The van der Waals surface area contributed by atoms with E-state index < -0.39 is 0 Å². The highest BCUT2D eigenvalue weighted by Crippen LogP contribution is 2.38. The maximum absolute atomic E-state index is 5.84. The number of rotatable bonds is 3. The zero-order chi connectivity index (χ0) is 10.3. The predicted molar refractivity (Wildman–Crippen MR) is 61.4 cm³/mol. The van der Waals surface area contributed by atoms with Crippen LogP contribution in [0.2, 0.25) is 0 Å². The molecule has 5 nitrogen and oxygen atoms in total. The maximum atomic E-state index is 5.84. The van der Waals surface area contributed by atoms with Gasteiger partial charge in [-0.15, -0.1) is 12.4 Å². The molecule has 90 valence electrons. The lowest BCUT2D eigenvalue weighted by atomic mass is 10.3. The lowest BCUT2D eigenvalue weighted by Gasteiger charge is -2.11. The summed E-state index contributed by atoms with van der Waals surface area (Å²) in [5, 5.41) is 4.00. The van der Waals surface area contributed by atoms with Crippen molar-refractivity contribution in [2.24, 2.45) is 5.73 Å². The first-order chi connectivity index (χ1) is 7.31. The number of hydrogen-bond donors (Lipinski definition) is 1. The molecular formula is C10H17ClN4O. The van der Waals surface area contributed by atoms with Crippen LogP contribution in [0.3, 0.4) is 0 Å². The molecule has 0 spiro atoms. The molecule has 1 saturated heterocycles. The van der Waals surface area contributed by atoms with E-state index in [9.17, 15) is 0 Å². The van der Waals surface area contributed by atoms with E-state index in [4.69, 9.17) is 10.3 Å². The average Bonchev–Trinajstić information content (AvgIpc) is 2.84. The lowest BCUT2D eigenvalue weighted by molar-refractivity contribution is 0.306. The highest BCUT2D eigenvalue weighted by atomic mass is 35.5. The minimum atomic E-state index is 0. The van der Waals surface area contributed by atoms with Gasteiger partial charge in [-0.3, -0.25) is 4.90 Å². The standard InChI is InChI=1S/C10H16N4O.ClH/c11-8-3-4-14(5-8)6-9-12-10(15-13-9)7-1-2-7;/h7-8H,1-6,11H2;1H/t8-;/m1./s1. The van der Waals surface area contributed by atoms with Gasteiger partial charge in [0, 0.05) is 25.0 Å². The molecule has 1 atom stereocenters. The Kier molecular flexibility index (Phi) is 3.47. The molecular weight excluding hydrogens is 228 g/mol. The van der Waals surface area contributed by atoms with Crippen LogP contribution in [-0.2, 0) is 6.54 Å². The molecule has 0 radical (unpaired) electrons. The van der Waals surface area contributed by atoms with Crippen LogP contribution in [0.15, 0.2) is 4.52 Å². The number of aromatic nitrogens is 2. The molecule has 2 N–H and O–H groups in total. The van der Waals surface area contributed by atoms with E-state index in [-0.39, 0.29) is 12.4 Å². The Morgan fingerprint density at radius 1 is 1.38 bits per heavy atom. The third-order valence-corrected chi connectivity index (χ3v) is 3.08. The smallest absolute Gasteiger partial charge is 0.229 e. The fourth-order valence-electron chi connectivity index (χ4n) is 2.03. The van der Waals surface area contributed by atoms with Crippen molar-refractivity contribution in [3.05, 3.63) is 11.7 Å². The molecule has 1 aromatic rings. The van der Waals surface area contributed by atoms with Gasteiger partial charge in [-0.25, -0.2) is 0 Å². The molecule has 1 aliphatic carbocycles. The van der Waals surface area contributed by atoms with Gasteiger partial charge in [0.15, 0.2) is 5.82 Å². The predicted octanol–water partition coefficient (Wildman–Crippen LogP) is 0.902. The van der Waals surface area contributed by atoms with Crippen molar-refractivity contribution in [3.63, 3.8) is 0 Å². The number of likely N-dealkylation sites (tertiary alicyclic amines) is 1. The fourth-order valence-corrected chi connectivity index (χ4v) is 2.03. The summed E-state index contributed by atoms with van der Waals surface area (Å²) in [4.78, 5) is 6.68. The number of halogens is 1. The molecule has 0 amide bonds. The summed E-state index contributed by atoms with van der Waals surface area (Å²) in [6.45, 7) is 2.78. The summed E-state index contributed by atoms with van der Waals surface area (Å²) in [5.74, 6) is 2.19. The van der Waals surface area contributed by atoms with Gasteiger partial charge in [0.25, 0.3) is 0 Å². The second-order valence-electron chi connectivity index (χ2n) is 4.61. The Bertz CT molecular complexity index is 352. The Labute approximate surface area is 101 Å². The zero-order valence-electron chi connectivity index (χ0n) is 9.13. The van der Waals surface area contributed by atoms with Crippen LogP contribution in [0.25, 0.3) is 0 Å². The van der Waals surface area contributed by atoms with Crippen molar-refractivity contribution in [2.45, 2.75) is 37.8 Å². The minimum Gasteiger partial charge on any atom is -0.339 e. The van der Waals surface area contributed by atoms with Gasteiger partial charge < -0.3 is 10.3 Å². The van der Waals surface area contributed by atoms with Crippen molar-refractivity contribution in [1.82, 2.24) is 15.0 Å². The molecule has 1 saturated carbocycles. The Morgan fingerprint density at radius 3 is 2.81 bits per heavy atom. The monoisotopic (exact) mass is 244 g/mol. The lowest BCUT2D eigenvalue weighted by Crippen LogP contribution is -2.26. The molecule has 0 unspecified atom stereocenters. The first-order valence-electron chi connectivity index (χ1n) is 5.61. The van der Waals surface area contributed by atoms with E-state index >= 15 is 0 Å². The summed E-state index contributed by atoms with van der Waals surface area (Å²) in [5.41, 5.74) is 5.84. The topological polar surface area (TPSA) is 68.2 Å². The Balaban J connectivity index is 0.000000963. The number of nitrogens with two attached hydrogens (primary N) is 1. The largest absolute Gasteiger partial charge is 0.339 e. The van der Waals surface area contributed by atoms with Gasteiger partial charge in [-0.1, -0.05) is 5.16 Å².